The lowest BCUT2D eigenvalue weighted by Gasteiger charge is -2.36. The summed E-state index contributed by atoms with van der Waals surface area (Å²) in [6, 6.07) is 0.492. The number of rotatable bonds is 3. The molecule has 1 aliphatic carbocycles. The Balaban J connectivity index is 2.37. The molecule has 0 heterocycles. The molecule has 1 rings (SSSR count). The van der Waals surface area contributed by atoms with Crippen LogP contribution in [0.4, 0.5) is 0 Å². The van der Waals surface area contributed by atoms with Crippen molar-refractivity contribution in [3.05, 3.63) is 0 Å². The van der Waals surface area contributed by atoms with Gasteiger partial charge in [0, 0.05) is 25.4 Å². The molecule has 0 N–H and O–H groups in total. The molecule has 0 aromatic carbocycles. The van der Waals surface area contributed by atoms with Gasteiger partial charge in [0.15, 0.2) is 0 Å². The summed E-state index contributed by atoms with van der Waals surface area (Å²) in [6.45, 7) is 2.33. The van der Waals surface area contributed by atoms with Crippen molar-refractivity contribution >= 4 is 17.5 Å². The first-order valence-corrected chi connectivity index (χ1v) is 4.62. The van der Waals surface area contributed by atoms with Crippen LogP contribution in [-0.4, -0.2) is 29.3 Å². The van der Waals surface area contributed by atoms with E-state index in [1.165, 1.54) is 6.42 Å². The lowest BCUT2D eigenvalue weighted by molar-refractivity contribution is -0.132. The molecule has 64 valence electrons. The van der Waals surface area contributed by atoms with Crippen molar-refractivity contribution in [3.8, 4) is 0 Å². The highest BCUT2D eigenvalue weighted by Crippen LogP contribution is 2.24. The van der Waals surface area contributed by atoms with Crippen LogP contribution in [0.1, 0.15) is 26.2 Å². The molecule has 0 bridgehead atoms. The minimum Gasteiger partial charge on any atom is -0.339 e. The topological polar surface area (TPSA) is 20.3 Å². The van der Waals surface area contributed by atoms with E-state index in [2.05, 4.69) is 0 Å². The van der Waals surface area contributed by atoms with Gasteiger partial charge in [-0.1, -0.05) is 0 Å². The Bertz CT molecular complexity index is 145. The van der Waals surface area contributed by atoms with E-state index in [1.807, 2.05) is 4.90 Å². The minimum atomic E-state index is 0.162. The number of alkyl halides is 1. The summed E-state index contributed by atoms with van der Waals surface area (Å²) >= 11 is 5.57. The van der Waals surface area contributed by atoms with Gasteiger partial charge in [-0.2, -0.15) is 0 Å². The van der Waals surface area contributed by atoms with E-state index in [9.17, 15) is 4.79 Å². The van der Waals surface area contributed by atoms with Crippen LogP contribution in [0.3, 0.4) is 0 Å². The fourth-order valence-electron chi connectivity index (χ4n) is 1.39. The first kappa shape index (κ1) is 8.85. The maximum atomic E-state index is 11.0. The van der Waals surface area contributed by atoms with E-state index in [1.54, 1.807) is 6.92 Å². The zero-order valence-electron chi connectivity index (χ0n) is 6.85. The van der Waals surface area contributed by atoms with Crippen molar-refractivity contribution in [2.24, 2.45) is 0 Å². The fourth-order valence-corrected chi connectivity index (χ4v) is 1.57. The van der Waals surface area contributed by atoms with Gasteiger partial charge >= 0.3 is 0 Å². The standard InChI is InChI=1S/C8H14ClNO/c1-7(11)10(6-5-9)8-3-2-4-8/h8H,2-6H2,1H3. The number of hydrogen-bond donors (Lipinski definition) is 0. The lowest BCUT2D eigenvalue weighted by atomic mass is 9.91. The average Bonchev–Trinajstić information content (AvgIpc) is 1.82. The highest BCUT2D eigenvalue weighted by molar-refractivity contribution is 6.18. The first-order chi connectivity index (χ1) is 5.25. The van der Waals surface area contributed by atoms with Crippen LogP contribution in [0, 0.1) is 0 Å². The number of carbonyl (C=O) groups is 1. The van der Waals surface area contributed by atoms with Crippen LogP contribution in [0.15, 0.2) is 0 Å². The predicted octanol–water partition coefficient (Wildman–Crippen LogP) is 1.63. The second kappa shape index (κ2) is 3.96. The molecule has 0 unspecified atom stereocenters. The third-order valence-corrected chi connectivity index (χ3v) is 2.41. The zero-order valence-corrected chi connectivity index (χ0v) is 7.60. The van der Waals surface area contributed by atoms with E-state index >= 15 is 0 Å². The van der Waals surface area contributed by atoms with Crippen molar-refractivity contribution in [1.29, 1.82) is 0 Å². The summed E-state index contributed by atoms with van der Waals surface area (Å²) in [5.41, 5.74) is 0. The van der Waals surface area contributed by atoms with Gasteiger partial charge in [-0.15, -0.1) is 11.6 Å². The van der Waals surface area contributed by atoms with Crippen LogP contribution in [0.25, 0.3) is 0 Å². The largest absolute Gasteiger partial charge is 0.339 e. The second-order valence-electron chi connectivity index (χ2n) is 2.99. The number of nitrogens with zero attached hydrogens (tertiary/aromatic N) is 1. The van der Waals surface area contributed by atoms with E-state index in [4.69, 9.17) is 11.6 Å². The number of halogens is 1. The summed E-state index contributed by atoms with van der Waals surface area (Å²) in [5.74, 6) is 0.714. The molecule has 0 aromatic heterocycles. The quantitative estimate of drug-likeness (QED) is 0.597. The fraction of sp³-hybridized carbons (Fsp3) is 0.875. The molecule has 0 aliphatic heterocycles. The lowest BCUT2D eigenvalue weighted by Crippen LogP contribution is -2.44. The minimum absolute atomic E-state index is 0.162. The van der Waals surface area contributed by atoms with Gasteiger partial charge in [0.25, 0.3) is 0 Å². The third kappa shape index (κ3) is 2.09. The maximum Gasteiger partial charge on any atom is 0.219 e. The Kier molecular flexibility index (Phi) is 3.18. The zero-order chi connectivity index (χ0) is 8.27. The van der Waals surface area contributed by atoms with E-state index in [0.717, 1.165) is 12.8 Å². The summed E-state index contributed by atoms with van der Waals surface area (Å²) in [4.78, 5) is 12.9. The number of hydrogen-bond acceptors (Lipinski definition) is 1. The van der Waals surface area contributed by atoms with E-state index in [0.29, 0.717) is 18.5 Å². The molecule has 11 heavy (non-hydrogen) atoms. The average molecular weight is 176 g/mol. The molecule has 0 radical (unpaired) electrons. The van der Waals surface area contributed by atoms with Crippen LogP contribution in [-0.2, 0) is 4.79 Å². The van der Waals surface area contributed by atoms with Crippen LogP contribution < -0.4 is 0 Å². The number of amides is 1. The van der Waals surface area contributed by atoms with Gasteiger partial charge in [0.2, 0.25) is 5.91 Å². The van der Waals surface area contributed by atoms with Gasteiger partial charge < -0.3 is 4.90 Å². The van der Waals surface area contributed by atoms with Crippen LogP contribution in [0.5, 0.6) is 0 Å². The van der Waals surface area contributed by atoms with E-state index in [-0.39, 0.29) is 5.91 Å². The van der Waals surface area contributed by atoms with Crippen molar-refractivity contribution < 1.29 is 4.79 Å². The van der Waals surface area contributed by atoms with Gasteiger partial charge in [0.05, 0.1) is 0 Å². The smallest absolute Gasteiger partial charge is 0.219 e. The van der Waals surface area contributed by atoms with Crippen LogP contribution >= 0.6 is 11.6 Å². The van der Waals surface area contributed by atoms with Crippen molar-refractivity contribution in [2.45, 2.75) is 32.2 Å². The highest BCUT2D eigenvalue weighted by atomic mass is 35.5. The molecule has 3 heteroatoms. The second-order valence-corrected chi connectivity index (χ2v) is 3.36. The van der Waals surface area contributed by atoms with E-state index < -0.39 is 0 Å². The Morgan fingerprint density at radius 2 is 2.27 bits per heavy atom. The van der Waals surface area contributed by atoms with Gasteiger partial charge in [-0.3, -0.25) is 4.79 Å². The molecular weight excluding hydrogens is 162 g/mol. The summed E-state index contributed by atoms with van der Waals surface area (Å²) in [5, 5.41) is 0. The summed E-state index contributed by atoms with van der Waals surface area (Å²) in [7, 11) is 0. The van der Waals surface area contributed by atoms with Gasteiger partial charge in [-0.25, -0.2) is 0 Å². The molecule has 2 nitrogen and oxygen atoms in total. The Morgan fingerprint density at radius 1 is 1.64 bits per heavy atom. The SMILES string of the molecule is CC(=O)N(CCCl)C1CCC1. The van der Waals surface area contributed by atoms with Crippen molar-refractivity contribution in [2.75, 3.05) is 12.4 Å². The Labute approximate surface area is 72.5 Å². The normalized spacial score (nSPS) is 17.6. The third-order valence-electron chi connectivity index (χ3n) is 2.25. The maximum absolute atomic E-state index is 11.0. The van der Waals surface area contributed by atoms with Crippen LogP contribution in [0.2, 0.25) is 0 Å². The Morgan fingerprint density at radius 3 is 2.55 bits per heavy atom. The molecule has 0 atom stereocenters. The summed E-state index contributed by atoms with van der Waals surface area (Å²) < 4.78 is 0. The molecule has 1 saturated carbocycles. The van der Waals surface area contributed by atoms with Gasteiger partial charge in [0.1, 0.15) is 0 Å². The molecule has 0 aromatic rings. The summed E-state index contributed by atoms with van der Waals surface area (Å²) in [6.07, 6.45) is 3.59. The van der Waals surface area contributed by atoms with Crippen molar-refractivity contribution in [1.82, 2.24) is 4.90 Å². The first-order valence-electron chi connectivity index (χ1n) is 4.09. The molecule has 1 fully saturated rings. The molecule has 0 saturated heterocycles. The van der Waals surface area contributed by atoms with Crippen molar-refractivity contribution in [3.63, 3.8) is 0 Å². The molecular formula is C8H14ClNO. The highest BCUT2D eigenvalue weighted by Gasteiger charge is 2.25. The molecule has 1 amide bonds. The molecule has 1 aliphatic rings. The number of carbonyl (C=O) groups excluding carboxylic acids is 1. The van der Waals surface area contributed by atoms with Gasteiger partial charge in [-0.05, 0) is 19.3 Å². The Hall–Kier alpha value is -0.240. The molecule has 0 spiro atoms. The monoisotopic (exact) mass is 175 g/mol. The predicted molar refractivity (Wildman–Crippen MR) is 45.7 cm³/mol.